The minimum absolute atomic E-state index is 0.195. The summed E-state index contributed by atoms with van der Waals surface area (Å²) in [5.74, 6) is 0.384. The molecule has 4 rings (SSSR count). The van der Waals surface area contributed by atoms with E-state index in [1.54, 1.807) is 18.7 Å². The molecule has 0 spiro atoms. The number of fused-ring (bicyclic) bond motifs is 1. The van der Waals surface area contributed by atoms with E-state index in [0.29, 0.717) is 35.8 Å². The number of aromatic nitrogens is 5. The first kappa shape index (κ1) is 19.6. The van der Waals surface area contributed by atoms with Gasteiger partial charge in [-0.05, 0) is 39.0 Å². The molecule has 0 aliphatic rings. The first-order valence-electron chi connectivity index (χ1n) is 9.86. The molecule has 0 atom stereocenters. The first-order chi connectivity index (χ1) is 14.5. The van der Waals surface area contributed by atoms with E-state index in [2.05, 4.69) is 20.4 Å². The van der Waals surface area contributed by atoms with E-state index in [-0.39, 0.29) is 11.9 Å². The van der Waals surface area contributed by atoms with Crippen molar-refractivity contribution in [3.05, 3.63) is 66.5 Å². The van der Waals surface area contributed by atoms with Gasteiger partial charge < -0.3 is 14.6 Å². The monoisotopic (exact) mass is 404 g/mol. The first-order valence-corrected chi connectivity index (χ1v) is 9.86. The highest BCUT2D eigenvalue weighted by molar-refractivity contribution is 6.07. The molecule has 1 N–H and O–H groups in total. The number of nitrogens with zero attached hydrogens (tertiary/aromatic N) is 5. The van der Waals surface area contributed by atoms with Crippen molar-refractivity contribution in [2.24, 2.45) is 0 Å². The molecule has 0 saturated heterocycles. The molecule has 8 nitrogen and oxygen atoms in total. The van der Waals surface area contributed by atoms with Crippen molar-refractivity contribution < 1.29 is 9.53 Å². The van der Waals surface area contributed by atoms with Gasteiger partial charge in [-0.2, -0.15) is 5.10 Å². The number of aryl methyl sites for hydroxylation is 1. The predicted octanol–water partition coefficient (Wildman–Crippen LogP) is 3.85. The fourth-order valence-electron chi connectivity index (χ4n) is 3.24. The van der Waals surface area contributed by atoms with Crippen LogP contribution >= 0.6 is 0 Å². The van der Waals surface area contributed by atoms with E-state index < -0.39 is 0 Å². The number of nitrogens with one attached hydrogen (secondary N) is 1. The molecule has 0 fully saturated rings. The number of carbonyl (C=O) groups is 1. The van der Waals surface area contributed by atoms with Crippen LogP contribution in [0, 0.1) is 6.92 Å². The Morgan fingerprint density at radius 2 is 2.10 bits per heavy atom. The lowest BCUT2D eigenvalue weighted by Crippen LogP contribution is -2.16. The van der Waals surface area contributed by atoms with Gasteiger partial charge in [0.1, 0.15) is 12.4 Å². The summed E-state index contributed by atoms with van der Waals surface area (Å²) in [7, 11) is 0. The lowest BCUT2D eigenvalue weighted by Gasteiger charge is -2.14. The third kappa shape index (κ3) is 4.03. The number of hydrogen-bond acceptors (Lipinski definition) is 5. The van der Waals surface area contributed by atoms with Crippen molar-refractivity contribution in [1.29, 1.82) is 0 Å². The number of rotatable bonds is 7. The second-order valence-corrected chi connectivity index (χ2v) is 7.32. The Bertz CT molecular complexity index is 1160. The minimum Gasteiger partial charge on any atom is -0.490 e. The van der Waals surface area contributed by atoms with Crippen molar-refractivity contribution in [3.63, 3.8) is 0 Å². The van der Waals surface area contributed by atoms with Crippen molar-refractivity contribution in [1.82, 2.24) is 24.3 Å². The Labute approximate surface area is 174 Å². The van der Waals surface area contributed by atoms with E-state index in [1.807, 2.05) is 66.5 Å². The third-order valence-corrected chi connectivity index (χ3v) is 4.79. The van der Waals surface area contributed by atoms with Gasteiger partial charge in [0.25, 0.3) is 5.91 Å². The van der Waals surface area contributed by atoms with Gasteiger partial charge >= 0.3 is 0 Å². The average Bonchev–Trinajstić information content (AvgIpc) is 3.38. The van der Waals surface area contributed by atoms with Crippen LogP contribution < -0.4 is 10.1 Å². The maximum Gasteiger partial charge on any atom is 0.257 e. The van der Waals surface area contributed by atoms with Gasteiger partial charge in [0.05, 0.1) is 36.0 Å². The number of imidazole rings is 1. The Hall–Kier alpha value is -3.68. The summed E-state index contributed by atoms with van der Waals surface area (Å²) < 4.78 is 9.67. The van der Waals surface area contributed by atoms with Crippen LogP contribution in [0.1, 0.15) is 35.9 Å². The molecular formula is C22H24N6O2. The van der Waals surface area contributed by atoms with Crippen LogP contribution in [0.5, 0.6) is 5.75 Å². The van der Waals surface area contributed by atoms with Crippen LogP contribution in [-0.2, 0) is 6.54 Å². The Balaban J connectivity index is 1.52. The number of benzene rings is 1. The van der Waals surface area contributed by atoms with Crippen LogP contribution in [0.3, 0.4) is 0 Å². The zero-order valence-electron chi connectivity index (χ0n) is 17.2. The number of ether oxygens (including phenoxy) is 1. The molecule has 0 saturated carbocycles. The normalized spacial score (nSPS) is 11.2. The van der Waals surface area contributed by atoms with Crippen molar-refractivity contribution in [2.45, 2.75) is 33.4 Å². The number of amides is 1. The highest BCUT2D eigenvalue weighted by Gasteiger charge is 2.16. The second kappa shape index (κ2) is 8.36. The maximum atomic E-state index is 13.0. The zero-order valence-corrected chi connectivity index (χ0v) is 17.2. The summed E-state index contributed by atoms with van der Waals surface area (Å²) in [6.45, 7) is 7.06. The van der Waals surface area contributed by atoms with Crippen molar-refractivity contribution >= 4 is 22.6 Å². The van der Waals surface area contributed by atoms with Gasteiger partial charge in [-0.1, -0.05) is 12.1 Å². The van der Waals surface area contributed by atoms with Crippen molar-refractivity contribution in [3.8, 4) is 5.75 Å². The average molecular weight is 404 g/mol. The maximum absolute atomic E-state index is 13.0. The Morgan fingerprint density at radius 1 is 1.27 bits per heavy atom. The molecule has 3 aromatic heterocycles. The third-order valence-electron chi connectivity index (χ3n) is 4.79. The van der Waals surface area contributed by atoms with E-state index in [1.165, 1.54) is 0 Å². The molecule has 0 aliphatic heterocycles. The van der Waals surface area contributed by atoms with E-state index >= 15 is 0 Å². The lowest BCUT2D eigenvalue weighted by atomic mass is 10.1. The number of para-hydroxylation sites is 2. The number of anilines is 1. The van der Waals surface area contributed by atoms with Gasteiger partial charge in [-0.25, -0.2) is 14.6 Å². The number of hydrogen-bond donors (Lipinski definition) is 1. The molecule has 0 radical (unpaired) electrons. The molecule has 0 bridgehead atoms. The minimum atomic E-state index is -0.232. The smallest absolute Gasteiger partial charge is 0.257 e. The topological polar surface area (TPSA) is 86.9 Å². The predicted molar refractivity (Wildman–Crippen MR) is 115 cm³/mol. The van der Waals surface area contributed by atoms with Gasteiger partial charge in [0.15, 0.2) is 5.65 Å². The molecule has 8 heteroatoms. The van der Waals surface area contributed by atoms with Crippen LogP contribution in [0.25, 0.3) is 11.0 Å². The summed E-state index contributed by atoms with van der Waals surface area (Å²) in [6.07, 6.45) is 7.09. The fourth-order valence-corrected chi connectivity index (χ4v) is 3.24. The summed E-state index contributed by atoms with van der Waals surface area (Å²) >= 11 is 0. The molecule has 154 valence electrons. The molecule has 1 amide bonds. The summed E-state index contributed by atoms with van der Waals surface area (Å²) in [6, 6.07) is 9.43. The van der Waals surface area contributed by atoms with Crippen LogP contribution in [0.15, 0.2) is 55.2 Å². The second-order valence-electron chi connectivity index (χ2n) is 7.32. The largest absolute Gasteiger partial charge is 0.490 e. The summed E-state index contributed by atoms with van der Waals surface area (Å²) in [5, 5.41) is 8.18. The highest BCUT2D eigenvalue weighted by Crippen LogP contribution is 2.26. The van der Waals surface area contributed by atoms with Gasteiger partial charge in [0.2, 0.25) is 0 Å². The van der Waals surface area contributed by atoms with Gasteiger partial charge in [-0.15, -0.1) is 0 Å². The van der Waals surface area contributed by atoms with E-state index in [4.69, 9.17) is 4.74 Å². The number of pyridine rings is 1. The summed E-state index contributed by atoms with van der Waals surface area (Å²) in [4.78, 5) is 21.6. The Kier molecular flexibility index (Phi) is 5.47. The van der Waals surface area contributed by atoms with Crippen LogP contribution in [0.2, 0.25) is 0 Å². The highest BCUT2D eigenvalue weighted by atomic mass is 16.5. The summed E-state index contributed by atoms with van der Waals surface area (Å²) in [5.41, 5.74) is 2.56. The van der Waals surface area contributed by atoms with Crippen LogP contribution in [-0.4, -0.2) is 36.8 Å². The lowest BCUT2D eigenvalue weighted by molar-refractivity contribution is 0.102. The van der Waals surface area contributed by atoms with Crippen molar-refractivity contribution in [2.75, 3.05) is 11.9 Å². The van der Waals surface area contributed by atoms with Gasteiger partial charge in [-0.3, -0.25) is 4.79 Å². The zero-order chi connectivity index (χ0) is 21.1. The quantitative estimate of drug-likeness (QED) is 0.506. The molecule has 30 heavy (non-hydrogen) atoms. The molecule has 0 aliphatic carbocycles. The number of carbonyl (C=O) groups excluding carboxylic acids is 1. The van der Waals surface area contributed by atoms with E-state index in [0.717, 1.165) is 11.0 Å². The molecular weight excluding hydrogens is 380 g/mol. The fraction of sp³-hybridized carbons (Fsp3) is 0.273. The van der Waals surface area contributed by atoms with Gasteiger partial charge in [0, 0.05) is 23.8 Å². The SMILES string of the molecule is Cc1nc2c(cnn2C(C)C)cc1C(=O)Nc1ccccc1OCCn1ccnc1. The standard InChI is InChI=1S/C22H24N6O2/c1-15(2)28-21-17(13-24-28)12-18(16(3)25-21)22(29)26-19-6-4-5-7-20(19)30-11-10-27-9-8-23-14-27/h4-9,12-15H,10-11H2,1-3H3,(H,26,29). The van der Waals surface area contributed by atoms with Crippen LogP contribution in [0.4, 0.5) is 5.69 Å². The molecule has 3 heterocycles. The Morgan fingerprint density at radius 3 is 2.87 bits per heavy atom. The molecule has 0 unspecified atom stereocenters. The molecule has 1 aromatic carbocycles. The molecule has 4 aromatic rings. The van der Waals surface area contributed by atoms with E-state index in [9.17, 15) is 4.79 Å².